The van der Waals surface area contributed by atoms with Crippen LogP contribution in [-0.2, 0) is 43.5 Å². The Labute approximate surface area is 202 Å². The zero-order chi connectivity index (χ0) is 23.6. The lowest BCUT2D eigenvalue weighted by Gasteiger charge is -2.45. The molecule has 0 amide bonds. The van der Waals surface area contributed by atoms with Crippen molar-refractivity contribution in [3.8, 4) is 0 Å². The van der Waals surface area contributed by atoms with Crippen LogP contribution in [0, 0.1) is 0 Å². The van der Waals surface area contributed by atoms with Gasteiger partial charge in [0.05, 0.1) is 25.9 Å². The molecule has 4 rings (SSSR count). The van der Waals surface area contributed by atoms with Crippen LogP contribution in [0.5, 0.6) is 0 Å². The van der Waals surface area contributed by atoms with Crippen molar-refractivity contribution in [2.45, 2.75) is 63.9 Å². The van der Waals surface area contributed by atoms with E-state index in [0.29, 0.717) is 19.8 Å². The summed E-state index contributed by atoms with van der Waals surface area (Å²) in [7, 11) is 1.65. The molecule has 5 nitrogen and oxygen atoms in total. The van der Waals surface area contributed by atoms with E-state index in [9.17, 15) is 0 Å². The van der Waals surface area contributed by atoms with Crippen molar-refractivity contribution in [3.05, 3.63) is 108 Å². The van der Waals surface area contributed by atoms with Gasteiger partial charge in [0.2, 0.25) is 0 Å². The van der Waals surface area contributed by atoms with Gasteiger partial charge < -0.3 is 23.7 Å². The molecule has 1 heterocycles. The summed E-state index contributed by atoms with van der Waals surface area (Å²) >= 11 is 0. The summed E-state index contributed by atoms with van der Waals surface area (Å²) < 4.78 is 31.4. The highest BCUT2D eigenvalue weighted by Crippen LogP contribution is 2.32. The lowest BCUT2D eigenvalue weighted by atomic mass is 9.96. The highest BCUT2D eigenvalue weighted by atomic mass is 16.7. The highest BCUT2D eigenvalue weighted by molar-refractivity contribution is 5.15. The standard InChI is InChI=1S/C29H34O5/c1-3-25-26(31-19-22-13-7-4-8-14-22)27(32-20-23-15-9-5-10-16-23)28(29(30-2)34-25)33-21-24-17-11-6-12-18-24/h4-18,25-29H,3,19-21H2,1-2H3. The Hall–Kier alpha value is -2.54. The van der Waals surface area contributed by atoms with E-state index < -0.39 is 12.4 Å². The van der Waals surface area contributed by atoms with E-state index in [1.54, 1.807) is 7.11 Å². The van der Waals surface area contributed by atoms with E-state index in [1.165, 1.54) is 0 Å². The molecule has 5 unspecified atom stereocenters. The van der Waals surface area contributed by atoms with Crippen molar-refractivity contribution in [2.75, 3.05) is 7.11 Å². The van der Waals surface area contributed by atoms with Crippen molar-refractivity contribution in [3.63, 3.8) is 0 Å². The molecule has 34 heavy (non-hydrogen) atoms. The summed E-state index contributed by atoms with van der Waals surface area (Å²) in [6.45, 7) is 3.45. The number of ether oxygens (including phenoxy) is 5. The third kappa shape index (κ3) is 6.53. The minimum Gasteiger partial charge on any atom is -0.368 e. The molecule has 0 N–H and O–H groups in total. The number of hydrogen-bond acceptors (Lipinski definition) is 5. The quantitative estimate of drug-likeness (QED) is 0.375. The van der Waals surface area contributed by atoms with Crippen LogP contribution in [0.1, 0.15) is 30.0 Å². The van der Waals surface area contributed by atoms with Crippen molar-refractivity contribution < 1.29 is 23.7 Å². The molecule has 1 saturated heterocycles. The molecule has 5 atom stereocenters. The second-order valence-corrected chi connectivity index (χ2v) is 8.47. The smallest absolute Gasteiger partial charge is 0.186 e. The van der Waals surface area contributed by atoms with Gasteiger partial charge in [-0.1, -0.05) is 97.9 Å². The van der Waals surface area contributed by atoms with E-state index in [4.69, 9.17) is 23.7 Å². The molecule has 0 radical (unpaired) electrons. The van der Waals surface area contributed by atoms with Crippen LogP contribution in [0.4, 0.5) is 0 Å². The van der Waals surface area contributed by atoms with E-state index >= 15 is 0 Å². The maximum Gasteiger partial charge on any atom is 0.186 e. The number of rotatable bonds is 11. The molecule has 0 aromatic heterocycles. The van der Waals surface area contributed by atoms with Gasteiger partial charge in [-0.2, -0.15) is 0 Å². The fourth-order valence-corrected chi connectivity index (χ4v) is 4.26. The largest absolute Gasteiger partial charge is 0.368 e. The number of methoxy groups -OCH3 is 1. The summed E-state index contributed by atoms with van der Waals surface area (Å²) in [5.41, 5.74) is 3.29. The monoisotopic (exact) mass is 462 g/mol. The fourth-order valence-electron chi connectivity index (χ4n) is 4.26. The molecule has 1 fully saturated rings. The Bertz CT molecular complexity index is 893. The Kier molecular flexibility index (Phi) is 9.25. The van der Waals surface area contributed by atoms with Crippen LogP contribution in [-0.4, -0.2) is 37.8 Å². The molecule has 3 aromatic rings. The van der Waals surface area contributed by atoms with E-state index in [-0.39, 0.29) is 18.3 Å². The molecule has 0 bridgehead atoms. The minimum atomic E-state index is -0.550. The van der Waals surface area contributed by atoms with Crippen LogP contribution < -0.4 is 0 Å². The zero-order valence-electron chi connectivity index (χ0n) is 19.9. The molecule has 1 aliphatic rings. The van der Waals surface area contributed by atoms with Crippen molar-refractivity contribution >= 4 is 0 Å². The summed E-state index contributed by atoms with van der Waals surface area (Å²) in [4.78, 5) is 0. The number of benzene rings is 3. The molecular weight excluding hydrogens is 428 g/mol. The molecule has 180 valence electrons. The molecule has 0 spiro atoms. The SMILES string of the molecule is CCC1OC(OC)C(OCc2ccccc2)C(OCc2ccccc2)C1OCc1ccccc1. The molecule has 0 saturated carbocycles. The van der Waals surface area contributed by atoms with Gasteiger partial charge in [-0.3, -0.25) is 0 Å². The van der Waals surface area contributed by atoms with Crippen LogP contribution >= 0.6 is 0 Å². The second kappa shape index (κ2) is 12.8. The van der Waals surface area contributed by atoms with Crippen molar-refractivity contribution in [1.82, 2.24) is 0 Å². The molecular formula is C29H34O5. The van der Waals surface area contributed by atoms with Crippen LogP contribution in [0.15, 0.2) is 91.0 Å². The summed E-state index contributed by atoms with van der Waals surface area (Å²) in [5, 5.41) is 0. The third-order valence-electron chi connectivity index (χ3n) is 6.08. The van der Waals surface area contributed by atoms with Gasteiger partial charge in [-0.25, -0.2) is 0 Å². The van der Waals surface area contributed by atoms with E-state index in [2.05, 4.69) is 31.2 Å². The Balaban J connectivity index is 1.56. The molecule has 0 aliphatic carbocycles. The highest BCUT2D eigenvalue weighted by Gasteiger charge is 2.48. The summed E-state index contributed by atoms with van der Waals surface area (Å²) in [6.07, 6.45) is -1.07. The average Bonchev–Trinajstić information content (AvgIpc) is 2.91. The van der Waals surface area contributed by atoms with E-state index in [0.717, 1.165) is 23.1 Å². The maximum absolute atomic E-state index is 6.53. The van der Waals surface area contributed by atoms with Gasteiger partial charge >= 0.3 is 0 Å². The summed E-state index contributed by atoms with van der Waals surface area (Å²) in [6, 6.07) is 30.4. The van der Waals surface area contributed by atoms with Crippen LogP contribution in [0.2, 0.25) is 0 Å². The second-order valence-electron chi connectivity index (χ2n) is 8.47. The minimum absolute atomic E-state index is 0.175. The Morgan fingerprint density at radius 2 is 1.00 bits per heavy atom. The molecule has 1 aliphatic heterocycles. The maximum atomic E-state index is 6.53. The van der Waals surface area contributed by atoms with Gasteiger partial charge in [0.15, 0.2) is 6.29 Å². The number of hydrogen-bond donors (Lipinski definition) is 0. The van der Waals surface area contributed by atoms with Crippen LogP contribution in [0.3, 0.4) is 0 Å². The van der Waals surface area contributed by atoms with Gasteiger partial charge in [-0.15, -0.1) is 0 Å². The van der Waals surface area contributed by atoms with Crippen molar-refractivity contribution in [2.24, 2.45) is 0 Å². The normalized spacial score (nSPS) is 24.7. The first-order valence-electron chi connectivity index (χ1n) is 11.9. The first-order valence-corrected chi connectivity index (χ1v) is 11.9. The lowest BCUT2D eigenvalue weighted by molar-refractivity contribution is -0.318. The van der Waals surface area contributed by atoms with Gasteiger partial charge in [0.25, 0.3) is 0 Å². The topological polar surface area (TPSA) is 46.2 Å². The molecule has 5 heteroatoms. The first kappa shape index (κ1) is 24.6. The van der Waals surface area contributed by atoms with E-state index in [1.807, 2.05) is 66.7 Å². The molecule has 3 aromatic carbocycles. The Morgan fingerprint density at radius 3 is 1.41 bits per heavy atom. The predicted octanol–water partition coefficient (Wildman–Crippen LogP) is 5.52. The fraction of sp³-hybridized carbons (Fsp3) is 0.379. The Morgan fingerprint density at radius 1 is 0.588 bits per heavy atom. The zero-order valence-corrected chi connectivity index (χ0v) is 19.9. The van der Waals surface area contributed by atoms with Crippen LogP contribution in [0.25, 0.3) is 0 Å². The van der Waals surface area contributed by atoms with Gasteiger partial charge in [-0.05, 0) is 23.1 Å². The third-order valence-corrected chi connectivity index (χ3v) is 6.08. The van der Waals surface area contributed by atoms with Crippen molar-refractivity contribution in [1.29, 1.82) is 0 Å². The predicted molar refractivity (Wildman–Crippen MR) is 131 cm³/mol. The first-order chi connectivity index (χ1) is 16.8. The van der Waals surface area contributed by atoms with Gasteiger partial charge in [0, 0.05) is 7.11 Å². The summed E-state index contributed by atoms with van der Waals surface area (Å²) in [5.74, 6) is 0. The average molecular weight is 463 g/mol. The van der Waals surface area contributed by atoms with Gasteiger partial charge in [0.1, 0.15) is 18.3 Å². The lowest BCUT2D eigenvalue weighted by Crippen LogP contribution is -2.60.